The highest BCUT2D eigenvalue weighted by atomic mass is 35.5. The van der Waals surface area contributed by atoms with Crippen LogP contribution in [0, 0.1) is 12.7 Å². The fourth-order valence-electron chi connectivity index (χ4n) is 5.92. The van der Waals surface area contributed by atoms with Crippen molar-refractivity contribution in [2.24, 2.45) is 0 Å². The van der Waals surface area contributed by atoms with E-state index in [1.54, 1.807) is 29.1 Å². The van der Waals surface area contributed by atoms with Gasteiger partial charge in [0.2, 0.25) is 0 Å². The molecule has 6 rings (SSSR count). The third-order valence-electron chi connectivity index (χ3n) is 9.65. The Hall–Kier alpha value is -3.63. The van der Waals surface area contributed by atoms with Crippen LogP contribution in [0.3, 0.4) is 0 Å². The SMILES string of the molecule is Cc1cc(-c2nn(C3CCCCO3)c3ccc(-c4ccn(C(CO[Si](C)(C)C(C)(C)C)c5cccc(Cl)c5)c(=O)c4)c(F)c23)ccn1. The van der Waals surface area contributed by atoms with E-state index in [1.165, 1.54) is 6.07 Å². The molecule has 1 saturated heterocycles. The molecule has 1 aliphatic rings. The topological polar surface area (TPSA) is 71.2 Å². The van der Waals surface area contributed by atoms with Crippen LogP contribution in [0.25, 0.3) is 33.3 Å². The van der Waals surface area contributed by atoms with Gasteiger partial charge in [-0.1, -0.05) is 44.5 Å². The molecule has 0 N–H and O–H groups in total. The van der Waals surface area contributed by atoms with E-state index in [0.29, 0.717) is 46.0 Å². The van der Waals surface area contributed by atoms with Crippen molar-refractivity contribution >= 4 is 30.8 Å². The predicted octanol–water partition coefficient (Wildman–Crippen LogP) is 9.34. The summed E-state index contributed by atoms with van der Waals surface area (Å²) < 4.78 is 32.9. The fourth-order valence-corrected chi connectivity index (χ4v) is 7.12. The number of hydrogen-bond donors (Lipinski definition) is 0. The molecule has 1 aliphatic heterocycles. The molecule has 10 heteroatoms. The minimum Gasteiger partial charge on any atom is -0.414 e. The van der Waals surface area contributed by atoms with Crippen LogP contribution in [0.2, 0.25) is 23.2 Å². The van der Waals surface area contributed by atoms with Gasteiger partial charge in [-0.05, 0) is 97.9 Å². The van der Waals surface area contributed by atoms with Crippen molar-refractivity contribution < 1.29 is 13.6 Å². The highest BCUT2D eigenvalue weighted by Crippen LogP contribution is 2.39. The summed E-state index contributed by atoms with van der Waals surface area (Å²) in [5.74, 6) is -0.432. The van der Waals surface area contributed by atoms with Crippen molar-refractivity contribution in [3.63, 3.8) is 0 Å². The summed E-state index contributed by atoms with van der Waals surface area (Å²) in [6.07, 6.45) is 5.99. The summed E-state index contributed by atoms with van der Waals surface area (Å²) in [5, 5.41) is 5.89. The Balaban J connectivity index is 1.44. The van der Waals surface area contributed by atoms with Gasteiger partial charge in [-0.15, -0.1) is 0 Å². The smallest absolute Gasteiger partial charge is 0.251 e. The lowest BCUT2D eigenvalue weighted by molar-refractivity contribution is -0.0365. The molecule has 1 fully saturated rings. The third-order valence-corrected chi connectivity index (χ3v) is 14.4. The zero-order chi connectivity index (χ0) is 33.5. The van der Waals surface area contributed by atoms with E-state index in [9.17, 15) is 4.79 Å². The number of rotatable bonds is 8. The van der Waals surface area contributed by atoms with Crippen molar-refractivity contribution in [3.8, 4) is 22.4 Å². The summed E-state index contributed by atoms with van der Waals surface area (Å²) in [4.78, 5) is 18.2. The number of benzene rings is 2. The van der Waals surface area contributed by atoms with Gasteiger partial charge in [0, 0.05) is 46.9 Å². The summed E-state index contributed by atoms with van der Waals surface area (Å²) in [6, 6.07) is 17.7. The number of fused-ring (bicyclic) bond motifs is 1. The average Bonchev–Trinajstić information content (AvgIpc) is 3.43. The van der Waals surface area contributed by atoms with Crippen molar-refractivity contribution in [2.45, 2.75) is 77.4 Å². The number of ether oxygens (including phenoxy) is 1. The van der Waals surface area contributed by atoms with Crippen molar-refractivity contribution in [3.05, 3.63) is 106 Å². The van der Waals surface area contributed by atoms with Crippen LogP contribution in [0.1, 0.15) is 63.6 Å². The first-order chi connectivity index (χ1) is 22.3. The summed E-state index contributed by atoms with van der Waals surface area (Å²) in [7, 11) is -2.13. The zero-order valence-corrected chi connectivity index (χ0v) is 29.6. The second-order valence-corrected chi connectivity index (χ2v) is 19.2. The first-order valence-electron chi connectivity index (χ1n) is 16.2. The number of aromatic nitrogens is 4. The van der Waals surface area contributed by atoms with Crippen molar-refractivity contribution in [1.82, 2.24) is 19.3 Å². The van der Waals surface area contributed by atoms with Gasteiger partial charge in [-0.3, -0.25) is 9.78 Å². The predicted molar refractivity (Wildman–Crippen MR) is 189 cm³/mol. The molecular weight excluding hydrogens is 631 g/mol. The van der Waals surface area contributed by atoms with Crippen LogP contribution in [0.15, 0.2) is 77.9 Å². The molecule has 2 unspecified atom stereocenters. The molecule has 0 aliphatic carbocycles. The van der Waals surface area contributed by atoms with Crippen LogP contribution < -0.4 is 5.56 Å². The maximum absolute atomic E-state index is 16.8. The summed E-state index contributed by atoms with van der Waals surface area (Å²) >= 11 is 6.39. The second-order valence-electron chi connectivity index (χ2n) is 13.9. The Kier molecular flexibility index (Phi) is 9.28. The summed E-state index contributed by atoms with van der Waals surface area (Å²) in [6.45, 7) is 13.8. The Morgan fingerprint density at radius 2 is 1.89 bits per heavy atom. The molecule has 2 atom stereocenters. The standard InChI is InChI=1S/C37H42ClFN4O3Si/c1-24-20-27(15-17-40-24)36-34-30(43(41-36)33-12-7-8-19-45-33)14-13-29(35(34)39)25-16-18-42(32(44)22-25)31(26-10-9-11-28(38)21-26)23-46-47(5,6)37(2,3)4/h9-11,13-18,20-22,31,33H,7-8,12,19,23H2,1-6H3. The highest BCUT2D eigenvalue weighted by molar-refractivity contribution is 6.74. The molecule has 0 radical (unpaired) electrons. The number of aryl methyl sites for hydroxylation is 1. The molecule has 2 aromatic carbocycles. The van der Waals surface area contributed by atoms with Crippen molar-refractivity contribution in [2.75, 3.05) is 13.2 Å². The van der Waals surface area contributed by atoms with Gasteiger partial charge in [0.1, 0.15) is 11.5 Å². The normalized spacial score (nSPS) is 16.5. The maximum Gasteiger partial charge on any atom is 0.251 e. The van der Waals surface area contributed by atoms with E-state index in [4.69, 9.17) is 25.9 Å². The largest absolute Gasteiger partial charge is 0.414 e. The van der Waals surface area contributed by atoms with E-state index in [0.717, 1.165) is 36.1 Å². The molecule has 7 nitrogen and oxygen atoms in total. The first kappa shape index (κ1) is 33.3. The van der Waals surface area contributed by atoms with Gasteiger partial charge in [0.15, 0.2) is 14.5 Å². The monoisotopic (exact) mass is 672 g/mol. The fraction of sp³-hybridized carbons (Fsp3) is 0.378. The Morgan fingerprint density at radius 1 is 1.09 bits per heavy atom. The van der Waals surface area contributed by atoms with Gasteiger partial charge >= 0.3 is 0 Å². The number of hydrogen-bond acceptors (Lipinski definition) is 5. The lowest BCUT2D eigenvalue weighted by Crippen LogP contribution is -2.43. The van der Waals surface area contributed by atoms with Gasteiger partial charge in [0.25, 0.3) is 5.56 Å². The highest BCUT2D eigenvalue weighted by Gasteiger charge is 2.38. The van der Waals surface area contributed by atoms with Gasteiger partial charge in [-0.2, -0.15) is 5.10 Å². The van der Waals surface area contributed by atoms with Crippen LogP contribution in [0.5, 0.6) is 0 Å². The van der Waals surface area contributed by atoms with E-state index in [-0.39, 0.29) is 16.8 Å². The van der Waals surface area contributed by atoms with Crippen LogP contribution in [0.4, 0.5) is 4.39 Å². The minimum atomic E-state index is -2.13. The van der Waals surface area contributed by atoms with Gasteiger partial charge < -0.3 is 13.7 Å². The van der Waals surface area contributed by atoms with Crippen LogP contribution in [-0.2, 0) is 9.16 Å². The van der Waals surface area contributed by atoms with E-state index in [2.05, 4.69) is 38.8 Å². The molecule has 3 aromatic heterocycles. The molecule has 0 amide bonds. The van der Waals surface area contributed by atoms with E-state index >= 15 is 4.39 Å². The molecule has 5 aromatic rings. The minimum absolute atomic E-state index is 0.00159. The Labute approximate surface area is 281 Å². The average molecular weight is 673 g/mol. The third kappa shape index (κ3) is 6.72. The Bertz CT molecular complexity index is 1980. The van der Waals surface area contributed by atoms with Crippen LogP contribution in [-0.4, -0.2) is 40.9 Å². The van der Waals surface area contributed by atoms with E-state index in [1.807, 2.05) is 54.1 Å². The summed E-state index contributed by atoms with van der Waals surface area (Å²) in [5.41, 5.74) is 4.18. The Morgan fingerprint density at radius 3 is 2.57 bits per heavy atom. The molecule has 246 valence electrons. The second kappa shape index (κ2) is 13.1. The molecule has 4 heterocycles. The quantitative estimate of drug-likeness (QED) is 0.154. The first-order valence-corrected chi connectivity index (χ1v) is 19.5. The molecule has 0 saturated carbocycles. The van der Waals surface area contributed by atoms with Crippen molar-refractivity contribution in [1.29, 1.82) is 0 Å². The molecule has 0 bridgehead atoms. The zero-order valence-electron chi connectivity index (χ0n) is 27.9. The lowest BCUT2D eigenvalue weighted by Gasteiger charge is -2.37. The maximum atomic E-state index is 16.8. The number of nitrogens with zero attached hydrogens (tertiary/aromatic N) is 4. The van der Waals surface area contributed by atoms with E-state index < -0.39 is 20.2 Å². The van der Waals surface area contributed by atoms with Crippen LogP contribution >= 0.6 is 11.6 Å². The molecule has 0 spiro atoms. The molecular formula is C37H42ClFN4O3Si. The number of pyridine rings is 2. The molecule has 47 heavy (non-hydrogen) atoms. The number of halogens is 2. The van der Waals surface area contributed by atoms with Gasteiger partial charge in [-0.25, -0.2) is 9.07 Å². The van der Waals surface area contributed by atoms with Gasteiger partial charge in [0.05, 0.1) is 23.6 Å². The lowest BCUT2D eigenvalue weighted by atomic mass is 10.0.